The minimum Gasteiger partial charge on any atom is -0.313 e. The van der Waals surface area contributed by atoms with E-state index in [0.717, 1.165) is 25.1 Å². The molecular weight excluding hydrogens is 265 g/mol. The standard InChI is InChI=1S/C11H12FNO2S.ClH/c12-16(14,15)11-3-1-9(2-4-11)7-10-5-6-13-8-10;/h1-4,7,13H,5-6,8H2;1H/b10-7-;. The van der Waals surface area contributed by atoms with Crippen molar-refractivity contribution in [1.29, 1.82) is 0 Å². The zero-order chi connectivity index (χ0) is 11.6. The van der Waals surface area contributed by atoms with Crippen LogP contribution in [0.3, 0.4) is 0 Å². The molecule has 6 heteroatoms. The molecule has 1 aliphatic heterocycles. The highest BCUT2D eigenvalue weighted by molar-refractivity contribution is 7.86. The SMILES string of the molecule is Cl.O=S(=O)(F)c1ccc(/C=C2/CCNC2)cc1. The fourth-order valence-corrected chi connectivity index (χ4v) is 2.13. The Morgan fingerprint density at radius 2 is 1.88 bits per heavy atom. The monoisotopic (exact) mass is 277 g/mol. The van der Waals surface area contributed by atoms with Gasteiger partial charge in [-0.25, -0.2) is 0 Å². The quantitative estimate of drug-likeness (QED) is 0.843. The number of rotatable bonds is 2. The maximum Gasteiger partial charge on any atom is 0.332 e. The van der Waals surface area contributed by atoms with Gasteiger partial charge in [0.1, 0.15) is 0 Å². The van der Waals surface area contributed by atoms with Gasteiger partial charge in [0, 0.05) is 6.54 Å². The van der Waals surface area contributed by atoms with Gasteiger partial charge in [0.05, 0.1) is 4.90 Å². The third kappa shape index (κ3) is 3.80. The molecule has 17 heavy (non-hydrogen) atoms. The van der Waals surface area contributed by atoms with E-state index in [-0.39, 0.29) is 17.3 Å². The molecule has 1 heterocycles. The maximum absolute atomic E-state index is 12.6. The second-order valence-corrected chi connectivity index (χ2v) is 5.08. The van der Waals surface area contributed by atoms with Crippen molar-refractivity contribution in [2.24, 2.45) is 0 Å². The van der Waals surface area contributed by atoms with Gasteiger partial charge in [0.15, 0.2) is 0 Å². The fourth-order valence-electron chi connectivity index (χ4n) is 1.67. The Labute approximate surface area is 106 Å². The Kier molecular flexibility index (Phi) is 4.68. The number of hydrogen-bond donors (Lipinski definition) is 1. The molecule has 1 N–H and O–H groups in total. The van der Waals surface area contributed by atoms with Crippen LogP contribution in [-0.2, 0) is 10.2 Å². The summed E-state index contributed by atoms with van der Waals surface area (Å²) in [4.78, 5) is -0.292. The molecule has 0 spiro atoms. The molecule has 0 amide bonds. The van der Waals surface area contributed by atoms with E-state index in [4.69, 9.17) is 0 Å². The Morgan fingerprint density at radius 3 is 2.35 bits per heavy atom. The largest absolute Gasteiger partial charge is 0.332 e. The summed E-state index contributed by atoms with van der Waals surface area (Å²) in [7, 11) is -4.58. The minimum absolute atomic E-state index is 0. The van der Waals surface area contributed by atoms with Gasteiger partial charge in [0.25, 0.3) is 0 Å². The first kappa shape index (κ1) is 14.2. The van der Waals surface area contributed by atoms with Gasteiger partial charge in [-0.05, 0) is 30.7 Å². The Hall–Kier alpha value is -0.910. The summed E-state index contributed by atoms with van der Waals surface area (Å²) in [6.07, 6.45) is 3.00. The molecule has 0 atom stereocenters. The van der Waals surface area contributed by atoms with Gasteiger partial charge < -0.3 is 5.32 Å². The van der Waals surface area contributed by atoms with Crippen LogP contribution in [0.5, 0.6) is 0 Å². The first-order valence-electron chi connectivity index (χ1n) is 5.00. The van der Waals surface area contributed by atoms with E-state index in [2.05, 4.69) is 5.32 Å². The molecule has 94 valence electrons. The average Bonchev–Trinajstić information content (AvgIpc) is 2.70. The summed E-state index contributed by atoms with van der Waals surface area (Å²) in [6.45, 7) is 1.84. The Balaban J connectivity index is 0.00000144. The van der Waals surface area contributed by atoms with Crippen LogP contribution >= 0.6 is 12.4 Å². The maximum atomic E-state index is 12.6. The zero-order valence-electron chi connectivity index (χ0n) is 9.02. The summed E-state index contributed by atoms with van der Waals surface area (Å²) in [5, 5.41) is 3.20. The molecule has 3 nitrogen and oxygen atoms in total. The van der Waals surface area contributed by atoms with E-state index < -0.39 is 10.2 Å². The normalized spacial score (nSPS) is 18.1. The molecule has 0 saturated carbocycles. The third-order valence-electron chi connectivity index (χ3n) is 2.51. The summed E-state index contributed by atoms with van der Waals surface area (Å²) < 4.78 is 33.8. The van der Waals surface area contributed by atoms with Crippen molar-refractivity contribution in [2.75, 3.05) is 13.1 Å². The predicted octanol–water partition coefficient (Wildman–Crippen LogP) is 2.14. The minimum atomic E-state index is -4.58. The van der Waals surface area contributed by atoms with Crippen molar-refractivity contribution in [1.82, 2.24) is 5.32 Å². The van der Waals surface area contributed by atoms with Crippen LogP contribution in [0.1, 0.15) is 12.0 Å². The Morgan fingerprint density at radius 1 is 1.24 bits per heavy atom. The number of nitrogens with one attached hydrogen (secondary N) is 1. The lowest BCUT2D eigenvalue weighted by Gasteiger charge is -1.98. The van der Waals surface area contributed by atoms with Gasteiger partial charge in [0.2, 0.25) is 0 Å². The van der Waals surface area contributed by atoms with E-state index in [1.165, 1.54) is 17.7 Å². The van der Waals surface area contributed by atoms with E-state index in [1.807, 2.05) is 6.08 Å². The van der Waals surface area contributed by atoms with Gasteiger partial charge in [-0.1, -0.05) is 23.8 Å². The van der Waals surface area contributed by atoms with Crippen LogP contribution in [0, 0.1) is 0 Å². The molecule has 1 aliphatic rings. The summed E-state index contributed by atoms with van der Waals surface area (Å²) >= 11 is 0. The summed E-state index contributed by atoms with van der Waals surface area (Å²) in [6, 6.07) is 5.78. The molecule has 1 aromatic carbocycles. The smallest absolute Gasteiger partial charge is 0.313 e. The van der Waals surface area contributed by atoms with Gasteiger partial charge in [-0.2, -0.15) is 8.42 Å². The average molecular weight is 278 g/mol. The van der Waals surface area contributed by atoms with Crippen LogP contribution in [0.25, 0.3) is 6.08 Å². The van der Waals surface area contributed by atoms with Crippen LogP contribution in [0.2, 0.25) is 0 Å². The predicted molar refractivity (Wildman–Crippen MR) is 67.4 cm³/mol. The lowest BCUT2D eigenvalue weighted by atomic mass is 10.1. The van der Waals surface area contributed by atoms with Gasteiger partial charge in [-0.15, -0.1) is 16.3 Å². The lowest BCUT2D eigenvalue weighted by molar-refractivity contribution is 0.552. The molecule has 1 saturated heterocycles. The molecule has 0 aromatic heterocycles. The molecule has 0 bridgehead atoms. The van der Waals surface area contributed by atoms with Crippen LogP contribution < -0.4 is 5.32 Å². The van der Waals surface area contributed by atoms with Crippen LogP contribution in [-0.4, -0.2) is 21.5 Å². The second-order valence-electron chi connectivity index (χ2n) is 3.74. The first-order valence-corrected chi connectivity index (χ1v) is 6.39. The van der Waals surface area contributed by atoms with Crippen molar-refractivity contribution in [3.63, 3.8) is 0 Å². The van der Waals surface area contributed by atoms with Gasteiger partial charge in [-0.3, -0.25) is 0 Å². The molecule has 0 aliphatic carbocycles. The first-order chi connectivity index (χ1) is 7.55. The fraction of sp³-hybridized carbons (Fsp3) is 0.273. The number of benzene rings is 1. The van der Waals surface area contributed by atoms with Crippen molar-refractivity contribution in [3.05, 3.63) is 35.4 Å². The van der Waals surface area contributed by atoms with E-state index in [9.17, 15) is 12.3 Å². The molecule has 1 aromatic rings. The summed E-state index contributed by atoms with van der Waals surface area (Å²) in [5.41, 5.74) is 2.17. The molecular formula is C11H13ClFNO2S. The molecule has 2 rings (SSSR count). The molecule has 1 fully saturated rings. The third-order valence-corrected chi connectivity index (χ3v) is 3.34. The van der Waals surface area contributed by atoms with Crippen molar-refractivity contribution >= 4 is 28.7 Å². The summed E-state index contributed by atoms with van der Waals surface area (Å²) in [5.74, 6) is 0. The topological polar surface area (TPSA) is 46.2 Å². The molecule has 0 radical (unpaired) electrons. The van der Waals surface area contributed by atoms with E-state index >= 15 is 0 Å². The van der Waals surface area contributed by atoms with Crippen molar-refractivity contribution in [3.8, 4) is 0 Å². The van der Waals surface area contributed by atoms with E-state index in [0.29, 0.717) is 0 Å². The van der Waals surface area contributed by atoms with Crippen LogP contribution in [0.15, 0.2) is 34.7 Å². The van der Waals surface area contributed by atoms with Crippen molar-refractivity contribution < 1.29 is 12.3 Å². The zero-order valence-corrected chi connectivity index (χ0v) is 10.7. The molecule has 0 unspecified atom stereocenters. The Bertz CT molecular complexity index is 503. The highest BCUT2D eigenvalue weighted by Gasteiger charge is 2.11. The highest BCUT2D eigenvalue weighted by Crippen LogP contribution is 2.16. The van der Waals surface area contributed by atoms with Crippen LogP contribution in [0.4, 0.5) is 3.89 Å². The second kappa shape index (κ2) is 5.62. The van der Waals surface area contributed by atoms with Crippen molar-refractivity contribution in [2.45, 2.75) is 11.3 Å². The lowest BCUT2D eigenvalue weighted by Crippen LogP contribution is -2.04. The highest BCUT2D eigenvalue weighted by atomic mass is 35.5. The van der Waals surface area contributed by atoms with Gasteiger partial charge >= 0.3 is 10.2 Å². The number of halogens is 2. The number of hydrogen-bond acceptors (Lipinski definition) is 3. The van der Waals surface area contributed by atoms with E-state index in [1.54, 1.807) is 12.1 Å².